The van der Waals surface area contributed by atoms with E-state index in [1.54, 1.807) is 0 Å². The van der Waals surface area contributed by atoms with Gasteiger partial charge in [0.2, 0.25) is 0 Å². The fraction of sp³-hybridized carbons (Fsp3) is 0.385. The van der Waals surface area contributed by atoms with Crippen LogP contribution >= 0.6 is 0 Å². The van der Waals surface area contributed by atoms with Gasteiger partial charge in [-0.05, 0) is 17.4 Å². The Morgan fingerprint density at radius 2 is 1.69 bits per heavy atom. The Labute approximate surface area is 81.3 Å². The Hall–Kier alpha value is -1.04. The monoisotopic (exact) mass is 174 g/mol. The molecule has 0 heteroatoms. The van der Waals surface area contributed by atoms with Crippen molar-refractivity contribution in [3.8, 4) is 0 Å². The van der Waals surface area contributed by atoms with Crippen LogP contribution in [0.15, 0.2) is 36.4 Å². The Kier molecular flexibility index (Phi) is 3.30. The first-order valence-electron chi connectivity index (χ1n) is 4.79. The third kappa shape index (κ3) is 4.51. The SMILES string of the molecule is CC(C)(C)C/C=C/c1ccccc1. The van der Waals surface area contributed by atoms with Gasteiger partial charge in [-0.25, -0.2) is 0 Å². The summed E-state index contributed by atoms with van der Waals surface area (Å²) >= 11 is 0. The van der Waals surface area contributed by atoms with Crippen LogP contribution in [0.4, 0.5) is 0 Å². The summed E-state index contributed by atoms with van der Waals surface area (Å²) in [7, 11) is 0. The van der Waals surface area contributed by atoms with Crippen LogP contribution in [-0.4, -0.2) is 0 Å². The number of benzene rings is 1. The molecule has 1 rings (SSSR count). The summed E-state index contributed by atoms with van der Waals surface area (Å²) in [6.45, 7) is 6.76. The minimum Gasteiger partial charge on any atom is -0.0834 e. The van der Waals surface area contributed by atoms with E-state index in [9.17, 15) is 0 Å². The van der Waals surface area contributed by atoms with Gasteiger partial charge in [0.15, 0.2) is 0 Å². The maximum Gasteiger partial charge on any atom is -0.0260 e. The van der Waals surface area contributed by atoms with Gasteiger partial charge in [-0.1, -0.05) is 63.3 Å². The molecule has 0 saturated carbocycles. The van der Waals surface area contributed by atoms with Gasteiger partial charge in [-0.2, -0.15) is 0 Å². The zero-order valence-electron chi connectivity index (χ0n) is 8.75. The Morgan fingerprint density at radius 3 is 2.23 bits per heavy atom. The van der Waals surface area contributed by atoms with Crippen molar-refractivity contribution in [2.45, 2.75) is 27.2 Å². The minimum absolute atomic E-state index is 0.394. The number of hydrogen-bond donors (Lipinski definition) is 0. The summed E-state index contributed by atoms with van der Waals surface area (Å²) in [5, 5.41) is 0. The zero-order valence-corrected chi connectivity index (χ0v) is 8.75. The molecule has 0 N–H and O–H groups in total. The van der Waals surface area contributed by atoms with Gasteiger partial charge < -0.3 is 0 Å². The van der Waals surface area contributed by atoms with Gasteiger partial charge in [-0.15, -0.1) is 0 Å². The van der Waals surface area contributed by atoms with Gasteiger partial charge in [-0.3, -0.25) is 0 Å². The average molecular weight is 174 g/mol. The normalized spacial score (nSPS) is 12.2. The van der Waals surface area contributed by atoms with Crippen molar-refractivity contribution >= 4 is 6.08 Å². The molecule has 0 atom stereocenters. The second-order valence-corrected chi connectivity index (χ2v) is 4.58. The Morgan fingerprint density at radius 1 is 1.08 bits per heavy atom. The molecule has 0 saturated heterocycles. The number of hydrogen-bond acceptors (Lipinski definition) is 0. The minimum atomic E-state index is 0.394. The van der Waals surface area contributed by atoms with Crippen molar-refractivity contribution in [2.24, 2.45) is 5.41 Å². The van der Waals surface area contributed by atoms with Crippen molar-refractivity contribution in [3.63, 3.8) is 0 Å². The lowest BCUT2D eigenvalue weighted by atomic mass is 9.92. The standard InChI is InChI=1S/C13H18/c1-13(2,3)11-7-10-12-8-5-4-6-9-12/h4-10H,11H2,1-3H3/b10-7+. The van der Waals surface area contributed by atoms with Crippen LogP contribution in [0.3, 0.4) is 0 Å². The van der Waals surface area contributed by atoms with E-state index in [-0.39, 0.29) is 0 Å². The highest BCUT2D eigenvalue weighted by Crippen LogP contribution is 2.19. The molecular formula is C13H18. The molecule has 1 aromatic carbocycles. The summed E-state index contributed by atoms with van der Waals surface area (Å²) in [4.78, 5) is 0. The fourth-order valence-electron chi connectivity index (χ4n) is 1.11. The average Bonchev–Trinajstić information content (AvgIpc) is 2.04. The van der Waals surface area contributed by atoms with Crippen molar-refractivity contribution in [1.82, 2.24) is 0 Å². The summed E-state index contributed by atoms with van der Waals surface area (Å²) in [6, 6.07) is 10.4. The fourth-order valence-corrected chi connectivity index (χ4v) is 1.11. The second-order valence-electron chi connectivity index (χ2n) is 4.58. The van der Waals surface area contributed by atoms with E-state index < -0.39 is 0 Å². The maximum atomic E-state index is 2.25. The Balaban J connectivity index is 2.51. The molecule has 0 aromatic heterocycles. The van der Waals surface area contributed by atoms with E-state index in [0.717, 1.165) is 6.42 Å². The molecule has 1 aromatic rings. The van der Waals surface area contributed by atoms with Gasteiger partial charge in [0.1, 0.15) is 0 Å². The predicted molar refractivity (Wildman–Crippen MR) is 59.5 cm³/mol. The van der Waals surface area contributed by atoms with Crippen molar-refractivity contribution in [2.75, 3.05) is 0 Å². The van der Waals surface area contributed by atoms with Gasteiger partial charge >= 0.3 is 0 Å². The quantitative estimate of drug-likeness (QED) is 0.632. The molecule has 0 aliphatic carbocycles. The van der Waals surface area contributed by atoms with E-state index in [1.807, 2.05) is 6.07 Å². The lowest BCUT2D eigenvalue weighted by Gasteiger charge is -2.14. The summed E-state index contributed by atoms with van der Waals surface area (Å²) in [5.41, 5.74) is 1.68. The summed E-state index contributed by atoms with van der Waals surface area (Å²) in [5.74, 6) is 0. The van der Waals surface area contributed by atoms with E-state index in [2.05, 4.69) is 57.2 Å². The molecule has 0 radical (unpaired) electrons. The maximum absolute atomic E-state index is 2.25. The van der Waals surface area contributed by atoms with Crippen molar-refractivity contribution < 1.29 is 0 Å². The first kappa shape index (κ1) is 10.0. The topological polar surface area (TPSA) is 0 Å². The van der Waals surface area contributed by atoms with Crippen LogP contribution in [0.25, 0.3) is 6.08 Å². The first-order valence-corrected chi connectivity index (χ1v) is 4.79. The predicted octanol–water partition coefficient (Wildman–Crippen LogP) is 4.14. The molecule has 0 fully saturated rings. The van der Waals surface area contributed by atoms with Crippen LogP contribution < -0.4 is 0 Å². The smallest absolute Gasteiger partial charge is 0.0260 e. The Bertz CT molecular complexity index is 262. The van der Waals surface area contributed by atoms with Crippen LogP contribution in [-0.2, 0) is 0 Å². The molecule has 0 amide bonds. The number of allylic oxidation sites excluding steroid dienone is 1. The van der Waals surface area contributed by atoms with Gasteiger partial charge in [0.25, 0.3) is 0 Å². The third-order valence-corrected chi connectivity index (χ3v) is 1.84. The van der Waals surface area contributed by atoms with Crippen molar-refractivity contribution in [1.29, 1.82) is 0 Å². The lowest BCUT2D eigenvalue weighted by molar-refractivity contribution is 0.421. The van der Waals surface area contributed by atoms with E-state index in [0.29, 0.717) is 5.41 Å². The van der Waals surface area contributed by atoms with Crippen LogP contribution in [0.5, 0.6) is 0 Å². The number of rotatable bonds is 2. The zero-order chi connectivity index (χ0) is 9.73. The van der Waals surface area contributed by atoms with Crippen LogP contribution in [0, 0.1) is 5.41 Å². The summed E-state index contributed by atoms with van der Waals surface area (Å²) < 4.78 is 0. The molecule has 13 heavy (non-hydrogen) atoms. The highest BCUT2D eigenvalue weighted by Gasteiger charge is 2.05. The molecule has 0 nitrogen and oxygen atoms in total. The molecule has 0 aliphatic rings. The van der Waals surface area contributed by atoms with Crippen LogP contribution in [0.2, 0.25) is 0 Å². The molecular weight excluding hydrogens is 156 g/mol. The van der Waals surface area contributed by atoms with Gasteiger partial charge in [0.05, 0.1) is 0 Å². The van der Waals surface area contributed by atoms with Crippen LogP contribution in [0.1, 0.15) is 32.8 Å². The highest BCUT2D eigenvalue weighted by molar-refractivity contribution is 5.48. The molecule has 0 heterocycles. The lowest BCUT2D eigenvalue weighted by Crippen LogP contribution is -2.01. The van der Waals surface area contributed by atoms with E-state index >= 15 is 0 Å². The molecule has 0 unspecified atom stereocenters. The van der Waals surface area contributed by atoms with Crippen molar-refractivity contribution in [3.05, 3.63) is 42.0 Å². The molecule has 0 bridgehead atoms. The first-order chi connectivity index (χ1) is 6.08. The summed E-state index contributed by atoms with van der Waals surface area (Å²) in [6.07, 6.45) is 5.56. The molecule has 0 aliphatic heterocycles. The second kappa shape index (κ2) is 4.27. The molecule has 0 spiro atoms. The molecule has 70 valence electrons. The van der Waals surface area contributed by atoms with Gasteiger partial charge in [0, 0.05) is 0 Å². The largest absolute Gasteiger partial charge is 0.0834 e. The van der Waals surface area contributed by atoms with E-state index in [1.165, 1.54) is 5.56 Å². The highest BCUT2D eigenvalue weighted by atomic mass is 14.1. The third-order valence-electron chi connectivity index (χ3n) is 1.84. The van der Waals surface area contributed by atoms with E-state index in [4.69, 9.17) is 0 Å².